The monoisotopic (exact) mass is 466 g/mol. The van der Waals surface area contributed by atoms with Crippen molar-refractivity contribution in [3.8, 4) is 5.75 Å². The molecule has 35 heavy (non-hydrogen) atoms. The highest BCUT2D eigenvalue weighted by Crippen LogP contribution is 2.24. The van der Waals surface area contributed by atoms with E-state index in [4.69, 9.17) is 4.74 Å². The van der Waals surface area contributed by atoms with Crippen LogP contribution in [-0.2, 0) is 13.0 Å². The fraction of sp³-hybridized carbons (Fsp3) is 0.179. The molecule has 0 unspecified atom stereocenters. The Labute approximate surface area is 202 Å². The molecule has 7 heteroatoms. The zero-order chi connectivity index (χ0) is 24.4. The molecule has 0 bridgehead atoms. The molecule has 5 aromatic rings. The largest absolute Gasteiger partial charge is 0.497 e. The molecule has 2 N–H and O–H groups in total. The molecule has 0 fully saturated rings. The van der Waals surface area contributed by atoms with E-state index in [-0.39, 0.29) is 11.5 Å². The molecule has 0 saturated heterocycles. The summed E-state index contributed by atoms with van der Waals surface area (Å²) in [7, 11) is 1.65. The summed E-state index contributed by atoms with van der Waals surface area (Å²) >= 11 is 0. The number of aromatic nitrogens is 3. The summed E-state index contributed by atoms with van der Waals surface area (Å²) in [6.45, 7) is 2.63. The van der Waals surface area contributed by atoms with E-state index in [0.29, 0.717) is 41.8 Å². The van der Waals surface area contributed by atoms with Crippen molar-refractivity contribution < 1.29 is 9.53 Å². The van der Waals surface area contributed by atoms with Crippen molar-refractivity contribution in [2.24, 2.45) is 0 Å². The van der Waals surface area contributed by atoms with Crippen molar-refractivity contribution in [3.63, 3.8) is 0 Å². The van der Waals surface area contributed by atoms with E-state index in [1.54, 1.807) is 36.8 Å². The highest BCUT2D eigenvalue weighted by molar-refractivity contribution is 5.97. The normalized spacial score (nSPS) is 11.1. The van der Waals surface area contributed by atoms with E-state index >= 15 is 0 Å². The fourth-order valence-electron chi connectivity index (χ4n) is 4.34. The van der Waals surface area contributed by atoms with Crippen LogP contribution >= 0.6 is 0 Å². The second-order valence-corrected chi connectivity index (χ2v) is 8.51. The van der Waals surface area contributed by atoms with Gasteiger partial charge in [-0.15, -0.1) is 0 Å². The van der Waals surface area contributed by atoms with Gasteiger partial charge in [0.05, 0.1) is 24.7 Å². The average molecular weight is 467 g/mol. The van der Waals surface area contributed by atoms with Crippen molar-refractivity contribution >= 4 is 27.8 Å². The molecule has 0 radical (unpaired) electrons. The van der Waals surface area contributed by atoms with Crippen molar-refractivity contribution in [2.75, 3.05) is 13.7 Å². The average Bonchev–Trinajstić information content (AvgIpc) is 3.29. The molecule has 0 spiro atoms. The number of rotatable bonds is 7. The summed E-state index contributed by atoms with van der Waals surface area (Å²) in [4.78, 5) is 33.4. The third kappa shape index (κ3) is 4.53. The predicted octanol–water partition coefficient (Wildman–Crippen LogP) is 4.22. The van der Waals surface area contributed by atoms with E-state index < -0.39 is 0 Å². The topological polar surface area (TPSA) is 89.0 Å². The van der Waals surface area contributed by atoms with Crippen LogP contribution in [-0.4, -0.2) is 34.1 Å². The molecule has 3 aromatic carbocycles. The Hall–Kier alpha value is -4.39. The van der Waals surface area contributed by atoms with E-state index in [9.17, 15) is 9.59 Å². The van der Waals surface area contributed by atoms with Gasteiger partial charge in [0.25, 0.3) is 11.5 Å². The van der Waals surface area contributed by atoms with Crippen LogP contribution in [0.5, 0.6) is 5.75 Å². The van der Waals surface area contributed by atoms with Crippen LogP contribution in [0.1, 0.15) is 27.2 Å². The van der Waals surface area contributed by atoms with Gasteiger partial charge in [0.2, 0.25) is 0 Å². The van der Waals surface area contributed by atoms with Gasteiger partial charge in [0, 0.05) is 29.2 Å². The number of nitrogens with one attached hydrogen (secondary N) is 2. The summed E-state index contributed by atoms with van der Waals surface area (Å²) in [6.07, 6.45) is 2.64. The molecule has 7 nitrogen and oxygen atoms in total. The summed E-state index contributed by atoms with van der Waals surface area (Å²) in [5.41, 5.74) is 5.27. The first-order valence-electron chi connectivity index (χ1n) is 11.5. The van der Waals surface area contributed by atoms with Crippen LogP contribution < -0.4 is 15.6 Å². The minimum absolute atomic E-state index is 0.131. The lowest BCUT2D eigenvalue weighted by Gasteiger charge is -2.12. The van der Waals surface area contributed by atoms with Gasteiger partial charge in [-0.25, -0.2) is 4.98 Å². The minimum Gasteiger partial charge on any atom is -0.497 e. The van der Waals surface area contributed by atoms with E-state index in [0.717, 1.165) is 27.8 Å². The minimum atomic E-state index is -0.176. The number of benzene rings is 3. The van der Waals surface area contributed by atoms with Gasteiger partial charge in [-0.2, -0.15) is 0 Å². The van der Waals surface area contributed by atoms with E-state index in [2.05, 4.69) is 15.3 Å². The third-order valence-corrected chi connectivity index (χ3v) is 6.21. The van der Waals surface area contributed by atoms with Crippen LogP contribution in [0.3, 0.4) is 0 Å². The van der Waals surface area contributed by atoms with Crippen LogP contribution in [0.2, 0.25) is 0 Å². The second kappa shape index (κ2) is 9.46. The maximum atomic E-state index is 12.9. The summed E-state index contributed by atoms with van der Waals surface area (Å²) in [5, 5.41) is 4.08. The predicted molar refractivity (Wildman–Crippen MR) is 137 cm³/mol. The molecular weight excluding hydrogens is 440 g/mol. The summed E-state index contributed by atoms with van der Waals surface area (Å²) in [5.74, 6) is 0.622. The number of methoxy groups -OCH3 is 1. The molecule has 0 saturated carbocycles. The van der Waals surface area contributed by atoms with Gasteiger partial charge >= 0.3 is 0 Å². The standard InChI is InChI=1S/C28H26N4O3/c1-18-28(34)32(17-19-6-4-3-5-7-19)26-11-8-20(14-25(26)31-18)27(33)29-13-12-21-16-30-24-10-9-22(35-2)15-23(21)24/h3-11,14-16,30H,12-13,17H2,1-2H3,(H,29,33). The molecule has 1 amide bonds. The fourth-order valence-corrected chi connectivity index (χ4v) is 4.34. The Morgan fingerprint density at radius 2 is 1.91 bits per heavy atom. The highest BCUT2D eigenvalue weighted by Gasteiger charge is 2.13. The Morgan fingerprint density at radius 1 is 1.09 bits per heavy atom. The maximum absolute atomic E-state index is 12.9. The molecule has 0 aliphatic carbocycles. The number of ether oxygens (including phenoxy) is 1. The number of H-pyrrole nitrogens is 1. The molecule has 0 aliphatic rings. The van der Waals surface area contributed by atoms with Crippen LogP contribution in [0.25, 0.3) is 21.9 Å². The zero-order valence-electron chi connectivity index (χ0n) is 19.7. The molecule has 176 valence electrons. The third-order valence-electron chi connectivity index (χ3n) is 6.21. The number of carbonyl (C=O) groups excluding carboxylic acids is 1. The SMILES string of the molecule is COc1ccc2[nH]cc(CCNC(=O)c3ccc4c(c3)nc(C)c(=O)n4Cc3ccccc3)c2c1. The number of hydrogen-bond donors (Lipinski definition) is 2. The van der Waals surface area contributed by atoms with Crippen molar-refractivity contribution in [1.29, 1.82) is 0 Å². The van der Waals surface area contributed by atoms with Crippen molar-refractivity contribution in [3.05, 3.63) is 106 Å². The molecule has 0 aliphatic heterocycles. The molecule has 5 rings (SSSR count). The number of amides is 1. The van der Waals surface area contributed by atoms with Crippen molar-refractivity contribution in [1.82, 2.24) is 19.9 Å². The number of hydrogen-bond acceptors (Lipinski definition) is 4. The van der Waals surface area contributed by atoms with Crippen molar-refractivity contribution in [2.45, 2.75) is 19.9 Å². The Morgan fingerprint density at radius 3 is 2.71 bits per heavy atom. The maximum Gasteiger partial charge on any atom is 0.272 e. The Kier molecular flexibility index (Phi) is 6.06. The van der Waals surface area contributed by atoms with Gasteiger partial charge in [0.1, 0.15) is 11.4 Å². The van der Waals surface area contributed by atoms with E-state index in [1.807, 2.05) is 54.7 Å². The Balaban J connectivity index is 1.34. The first-order chi connectivity index (χ1) is 17.0. The lowest BCUT2D eigenvalue weighted by atomic mass is 10.1. The van der Waals surface area contributed by atoms with Crippen LogP contribution in [0.15, 0.2) is 77.7 Å². The lowest BCUT2D eigenvalue weighted by molar-refractivity contribution is 0.0954. The van der Waals surface area contributed by atoms with Gasteiger partial charge in [0.15, 0.2) is 0 Å². The first-order valence-corrected chi connectivity index (χ1v) is 11.5. The molecular formula is C28H26N4O3. The molecule has 0 atom stereocenters. The number of aryl methyl sites for hydroxylation is 1. The summed E-state index contributed by atoms with van der Waals surface area (Å²) < 4.78 is 7.04. The molecule has 2 heterocycles. The molecule has 2 aromatic heterocycles. The van der Waals surface area contributed by atoms with Gasteiger partial charge in [-0.1, -0.05) is 30.3 Å². The number of aromatic amines is 1. The van der Waals surface area contributed by atoms with Gasteiger partial charge in [-0.05, 0) is 60.9 Å². The Bertz CT molecular complexity index is 1590. The first kappa shape index (κ1) is 22.4. The second-order valence-electron chi connectivity index (χ2n) is 8.51. The van der Waals surface area contributed by atoms with E-state index in [1.165, 1.54) is 0 Å². The quantitative estimate of drug-likeness (QED) is 0.376. The lowest BCUT2D eigenvalue weighted by Crippen LogP contribution is -2.27. The zero-order valence-corrected chi connectivity index (χ0v) is 19.7. The van der Waals surface area contributed by atoms with Crippen LogP contribution in [0.4, 0.5) is 0 Å². The number of nitrogens with zero attached hydrogens (tertiary/aromatic N) is 2. The van der Waals surface area contributed by atoms with Gasteiger partial charge < -0.3 is 19.6 Å². The highest BCUT2D eigenvalue weighted by atomic mass is 16.5. The number of carbonyl (C=O) groups is 1. The van der Waals surface area contributed by atoms with Gasteiger partial charge in [-0.3, -0.25) is 9.59 Å². The smallest absolute Gasteiger partial charge is 0.272 e. The summed E-state index contributed by atoms with van der Waals surface area (Å²) in [6, 6.07) is 21.0. The number of fused-ring (bicyclic) bond motifs is 2. The van der Waals surface area contributed by atoms with Crippen LogP contribution in [0, 0.1) is 6.92 Å².